The summed E-state index contributed by atoms with van der Waals surface area (Å²) < 4.78 is 0. The summed E-state index contributed by atoms with van der Waals surface area (Å²) in [4.78, 5) is 27.9. The quantitative estimate of drug-likeness (QED) is 0.762. The van der Waals surface area contributed by atoms with Crippen molar-refractivity contribution in [1.29, 1.82) is 0 Å². The number of anilines is 3. The summed E-state index contributed by atoms with van der Waals surface area (Å²) in [5, 5.41) is 5.82. The molecule has 1 aliphatic heterocycles. The monoisotopic (exact) mass is 377 g/mol. The molecule has 0 unspecified atom stereocenters. The molecule has 5 nitrogen and oxygen atoms in total. The van der Waals surface area contributed by atoms with E-state index >= 15 is 0 Å². The Morgan fingerprint density at radius 3 is 1.79 bits per heavy atom. The lowest BCUT2D eigenvalue weighted by molar-refractivity contribution is -0.131. The average Bonchev–Trinajstić information content (AvgIpc) is 3.53. The van der Waals surface area contributed by atoms with Crippen LogP contribution >= 0.6 is 0 Å². The molecule has 0 atom stereocenters. The van der Waals surface area contributed by atoms with Gasteiger partial charge in [-0.2, -0.15) is 0 Å². The van der Waals surface area contributed by atoms with Gasteiger partial charge < -0.3 is 15.5 Å². The third-order valence-corrected chi connectivity index (χ3v) is 5.78. The molecule has 4 rings (SSSR count). The van der Waals surface area contributed by atoms with Crippen molar-refractivity contribution in [3.05, 3.63) is 54.1 Å². The van der Waals surface area contributed by atoms with Crippen LogP contribution < -0.4 is 15.5 Å². The first-order valence-electron chi connectivity index (χ1n) is 10.1. The average molecular weight is 377 g/mol. The number of carbonyl (C=O) groups is 2. The highest BCUT2D eigenvalue weighted by atomic mass is 16.2. The van der Waals surface area contributed by atoms with Gasteiger partial charge in [-0.3, -0.25) is 9.59 Å². The van der Waals surface area contributed by atoms with Crippen LogP contribution in [0.25, 0.3) is 0 Å². The van der Waals surface area contributed by atoms with Crippen molar-refractivity contribution < 1.29 is 9.59 Å². The molecular formula is C23H27N3O2. The van der Waals surface area contributed by atoms with E-state index in [0.29, 0.717) is 12.8 Å². The minimum Gasteiger partial charge on any atom is -0.372 e. The molecule has 1 saturated carbocycles. The molecule has 2 N–H and O–H groups in total. The summed E-state index contributed by atoms with van der Waals surface area (Å²) in [6.07, 6.45) is 4.94. The fourth-order valence-corrected chi connectivity index (χ4v) is 3.73. The Hall–Kier alpha value is -2.82. The molecule has 0 radical (unpaired) electrons. The largest absolute Gasteiger partial charge is 0.372 e. The molecule has 1 saturated heterocycles. The van der Waals surface area contributed by atoms with E-state index in [-0.39, 0.29) is 11.8 Å². The van der Waals surface area contributed by atoms with Gasteiger partial charge in [0, 0.05) is 30.2 Å². The summed E-state index contributed by atoms with van der Waals surface area (Å²) in [6.45, 7) is 4.18. The first-order valence-corrected chi connectivity index (χ1v) is 10.1. The predicted octanol–water partition coefficient (Wildman–Crippen LogP) is 4.34. The number of nitrogens with zero attached hydrogens (tertiary/aromatic N) is 1. The summed E-state index contributed by atoms with van der Waals surface area (Å²) in [5.41, 5.74) is 2.83. The van der Waals surface area contributed by atoms with Gasteiger partial charge in [-0.15, -0.1) is 0 Å². The molecule has 1 heterocycles. The van der Waals surface area contributed by atoms with E-state index in [4.69, 9.17) is 0 Å². The molecule has 0 spiro atoms. The van der Waals surface area contributed by atoms with Crippen molar-refractivity contribution in [2.45, 2.75) is 39.0 Å². The second-order valence-electron chi connectivity index (χ2n) is 7.95. The van der Waals surface area contributed by atoms with Crippen LogP contribution in [0.1, 0.15) is 37.7 Å². The SMILES string of the molecule is Cc1ccc(NC(=O)C2(C(=O)Nc3ccc(N4CCCCC4)cc3)CC2)cc1. The topological polar surface area (TPSA) is 61.4 Å². The number of piperidine rings is 1. The molecule has 2 aromatic carbocycles. The van der Waals surface area contributed by atoms with Crippen LogP contribution in [0.3, 0.4) is 0 Å². The van der Waals surface area contributed by atoms with Crippen LogP contribution in [-0.2, 0) is 9.59 Å². The molecule has 146 valence electrons. The predicted molar refractivity (Wildman–Crippen MR) is 113 cm³/mol. The molecule has 2 aromatic rings. The third-order valence-electron chi connectivity index (χ3n) is 5.78. The fourth-order valence-electron chi connectivity index (χ4n) is 3.73. The Bertz CT molecular complexity index is 848. The van der Waals surface area contributed by atoms with Gasteiger partial charge >= 0.3 is 0 Å². The first-order chi connectivity index (χ1) is 13.6. The molecule has 2 amide bonds. The van der Waals surface area contributed by atoms with Crippen molar-refractivity contribution in [2.75, 3.05) is 28.6 Å². The number of nitrogens with one attached hydrogen (secondary N) is 2. The molecule has 1 aliphatic carbocycles. The highest BCUT2D eigenvalue weighted by molar-refractivity contribution is 6.16. The highest BCUT2D eigenvalue weighted by Gasteiger charge is 2.56. The van der Waals surface area contributed by atoms with Gasteiger partial charge in [-0.25, -0.2) is 0 Å². The van der Waals surface area contributed by atoms with E-state index < -0.39 is 5.41 Å². The summed E-state index contributed by atoms with van der Waals surface area (Å²) in [6, 6.07) is 15.6. The molecule has 0 aromatic heterocycles. The van der Waals surface area contributed by atoms with Gasteiger partial charge in [-0.05, 0) is 75.4 Å². The zero-order valence-electron chi connectivity index (χ0n) is 16.3. The maximum Gasteiger partial charge on any atom is 0.240 e. The second kappa shape index (κ2) is 7.66. The zero-order valence-corrected chi connectivity index (χ0v) is 16.3. The highest BCUT2D eigenvalue weighted by Crippen LogP contribution is 2.47. The minimum atomic E-state index is -0.948. The van der Waals surface area contributed by atoms with E-state index in [2.05, 4.69) is 15.5 Å². The molecule has 28 heavy (non-hydrogen) atoms. The number of rotatable bonds is 5. The van der Waals surface area contributed by atoms with Gasteiger partial charge in [0.25, 0.3) is 0 Å². The summed E-state index contributed by atoms with van der Waals surface area (Å²) in [5.74, 6) is -0.443. The Balaban J connectivity index is 1.38. The number of hydrogen-bond acceptors (Lipinski definition) is 3. The molecule has 2 fully saturated rings. The van der Waals surface area contributed by atoms with Crippen LogP contribution in [0, 0.1) is 12.3 Å². The van der Waals surface area contributed by atoms with Crippen LogP contribution in [0.15, 0.2) is 48.5 Å². The summed E-state index contributed by atoms with van der Waals surface area (Å²) in [7, 11) is 0. The Kier molecular flexibility index (Phi) is 5.07. The first kappa shape index (κ1) is 18.5. The Labute approximate surface area is 166 Å². The molecule has 2 aliphatic rings. The van der Waals surface area contributed by atoms with Gasteiger partial charge in [0.05, 0.1) is 0 Å². The van der Waals surface area contributed by atoms with Gasteiger partial charge in [0.1, 0.15) is 5.41 Å². The second-order valence-corrected chi connectivity index (χ2v) is 7.95. The van der Waals surface area contributed by atoms with Crippen molar-refractivity contribution in [1.82, 2.24) is 0 Å². The molecule has 5 heteroatoms. The number of benzene rings is 2. The third kappa shape index (κ3) is 3.88. The van der Waals surface area contributed by atoms with Crippen LogP contribution in [-0.4, -0.2) is 24.9 Å². The molecule has 0 bridgehead atoms. The smallest absolute Gasteiger partial charge is 0.240 e. The minimum absolute atomic E-state index is 0.220. The standard InChI is InChI=1S/C23H27N3O2/c1-17-5-7-18(8-6-17)24-21(27)23(13-14-23)22(28)25-19-9-11-20(12-10-19)26-15-3-2-4-16-26/h5-12H,2-4,13-16H2,1H3,(H,24,27)(H,25,28). The van der Waals surface area contributed by atoms with Crippen LogP contribution in [0.5, 0.6) is 0 Å². The normalized spacial score (nSPS) is 17.7. The van der Waals surface area contributed by atoms with Crippen molar-refractivity contribution in [2.24, 2.45) is 5.41 Å². The van der Waals surface area contributed by atoms with Crippen molar-refractivity contribution in [3.8, 4) is 0 Å². The van der Waals surface area contributed by atoms with E-state index in [0.717, 1.165) is 30.0 Å². The lowest BCUT2D eigenvalue weighted by atomic mass is 10.0. The van der Waals surface area contributed by atoms with Gasteiger partial charge in [0.2, 0.25) is 11.8 Å². The number of aryl methyl sites for hydroxylation is 1. The number of hydrogen-bond donors (Lipinski definition) is 2. The number of amides is 2. The van der Waals surface area contributed by atoms with Gasteiger partial charge in [-0.1, -0.05) is 17.7 Å². The Morgan fingerprint density at radius 1 is 0.786 bits per heavy atom. The maximum atomic E-state index is 12.8. The lowest BCUT2D eigenvalue weighted by Gasteiger charge is -2.28. The molecular weight excluding hydrogens is 350 g/mol. The zero-order chi connectivity index (χ0) is 19.6. The summed E-state index contributed by atoms with van der Waals surface area (Å²) >= 11 is 0. The fraction of sp³-hybridized carbons (Fsp3) is 0.391. The van der Waals surface area contributed by atoms with E-state index in [1.807, 2.05) is 55.5 Å². The van der Waals surface area contributed by atoms with E-state index in [1.165, 1.54) is 24.9 Å². The number of carbonyl (C=O) groups excluding carboxylic acids is 2. The van der Waals surface area contributed by atoms with E-state index in [1.54, 1.807) is 0 Å². The Morgan fingerprint density at radius 2 is 1.29 bits per heavy atom. The van der Waals surface area contributed by atoms with Gasteiger partial charge in [0.15, 0.2) is 0 Å². The lowest BCUT2D eigenvalue weighted by Crippen LogP contribution is -2.35. The van der Waals surface area contributed by atoms with Crippen LogP contribution in [0.2, 0.25) is 0 Å². The van der Waals surface area contributed by atoms with E-state index in [9.17, 15) is 9.59 Å². The van der Waals surface area contributed by atoms with Crippen molar-refractivity contribution in [3.63, 3.8) is 0 Å². The van der Waals surface area contributed by atoms with Crippen molar-refractivity contribution >= 4 is 28.9 Å². The maximum absolute atomic E-state index is 12.8. The van der Waals surface area contributed by atoms with Crippen LogP contribution in [0.4, 0.5) is 17.1 Å².